The van der Waals surface area contributed by atoms with Crippen molar-refractivity contribution in [1.29, 1.82) is 0 Å². The SMILES string of the molecule is CCCCn1c(C)nc(-c2cccc3ccccc23)c1N. The van der Waals surface area contributed by atoms with Gasteiger partial charge in [-0.05, 0) is 24.1 Å². The van der Waals surface area contributed by atoms with Crippen molar-refractivity contribution in [3.05, 3.63) is 48.3 Å². The molecule has 2 N–H and O–H groups in total. The van der Waals surface area contributed by atoms with E-state index >= 15 is 0 Å². The second-order valence-electron chi connectivity index (χ2n) is 5.42. The standard InChI is InChI=1S/C18H21N3/c1-3-4-12-21-13(2)20-17(18(21)19)16-11-7-9-14-8-5-6-10-15(14)16/h5-11H,3-4,12,19H2,1-2H3. The van der Waals surface area contributed by atoms with Crippen LogP contribution in [0.5, 0.6) is 0 Å². The van der Waals surface area contributed by atoms with Gasteiger partial charge in [0, 0.05) is 12.1 Å². The van der Waals surface area contributed by atoms with Gasteiger partial charge in [-0.25, -0.2) is 4.98 Å². The summed E-state index contributed by atoms with van der Waals surface area (Å²) in [5.74, 6) is 1.76. The van der Waals surface area contributed by atoms with Gasteiger partial charge in [0.1, 0.15) is 17.3 Å². The van der Waals surface area contributed by atoms with Gasteiger partial charge in [-0.3, -0.25) is 0 Å². The molecule has 2 aromatic carbocycles. The van der Waals surface area contributed by atoms with E-state index in [1.165, 1.54) is 10.8 Å². The van der Waals surface area contributed by atoms with Crippen molar-refractivity contribution in [3.8, 4) is 11.3 Å². The van der Waals surface area contributed by atoms with Crippen LogP contribution in [0.1, 0.15) is 25.6 Å². The number of nitrogens with zero attached hydrogens (tertiary/aromatic N) is 2. The minimum atomic E-state index is 0.775. The topological polar surface area (TPSA) is 43.8 Å². The summed E-state index contributed by atoms with van der Waals surface area (Å²) >= 11 is 0. The summed E-state index contributed by atoms with van der Waals surface area (Å²) in [5, 5.41) is 2.42. The van der Waals surface area contributed by atoms with Crippen LogP contribution in [0, 0.1) is 6.92 Å². The first-order valence-corrected chi connectivity index (χ1v) is 7.53. The van der Waals surface area contributed by atoms with Crippen molar-refractivity contribution in [1.82, 2.24) is 9.55 Å². The van der Waals surface area contributed by atoms with Crippen molar-refractivity contribution in [2.45, 2.75) is 33.2 Å². The number of nitrogen functional groups attached to an aromatic ring is 1. The number of benzene rings is 2. The van der Waals surface area contributed by atoms with Gasteiger partial charge in [-0.1, -0.05) is 55.8 Å². The van der Waals surface area contributed by atoms with Gasteiger partial charge < -0.3 is 10.3 Å². The minimum Gasteiger partial charge on any atom is -0.383 e. The third kappa shape index (κ3) is 2.40. The van der Waals surface area contributed by atoms with Crippen molar-refractivity contribution >= 4 is 16.6 Å². The van der Waals surface area contributed by atoms with Crippen LogP contribution in [0.3, 0.4) is 0 Å². The maximum absolute atomic E-state index is 6.37. The predicted molar refractivity (Wildman–Crippen MR) is 89.2 cm³/mol. The lowest BCUT2D eigenvalue weighted by Crippen LogP contribution is -2.04. The normalized spacial score (nSPS) is 11.1. The van der Waals surface area contributed by atoms with Crippen LogP contribution in [0.4, 0.5) is 5.82 Å². The molecule has 0 spiro atoms. The summed E-state index contributed by atoms with van der Waals surface area (Å²) < 4.78 is 2.13. The Balaban J connectivity index is 2.15. The number of anilines is 1. The largest absolute Gasteiger partial charge is 0.383 e. The summed E-state index contributed by atoms with van der Waals surface area (Å²) in [6.07, 6.45) is 2.27. The molecular formula is C18H21N3. The van der Waals surface area contributed by atoms with Gasteiger partial charge in [0.15, 0.2) is 0 Å². The van der Waals surface area contributed by atoms with Crippen LogP contribution in [0.15, 0.2) is 42.5 Å². The Kier molecular flexibility index (Phi) is 3.65. The Hall–Kier alpha value is -2.29. The molecular weight excluding hydrogens is 258 g/mol. The zero-order valence-electron chi connectivity index (χ0n) is 12.6. The third-order valence-corrected chi connectivity index (χ3v) is 3.98. The van der Waals surface area contributed by atoms with Crippen molar-refractivity contribution in [3.63, 3.8) is 0 Å². The van der Waals surface area contributed by atoms with E-state index in [4.69, 9.17) is 10.7 Å². The number of hydrogen-bond acceptors (Lipinski definition) is 2. The Labute approximate surface area is 125 Å². The smallest absolute Gasteiger partial charge is 0.131 e. The van der Waals surface area contributed by atoms with E-state index in [1.54, 1.807) is 0 Å². The summed E-state index contributed by atoms with van der Waals surface area (Å²) in [4.78, 5) is 4.72. The highest BCUT2D eigenvalue weighted by Crippen LogP contribution is 2.32. The van der Waals surface area contributed by atoms with E-state index in [1.807, 2.05) is 6.92 Å². The molecule has 0 fully saturated rings. The van der Waals surface area contributed by atoms with E-state index in [0.29, 0.717) is 0 Å². The molecule has 3 nitrogen and oxygen atoms in total. The molecule has 0 saturated carbocycles. The number of rotatable bonds is 4. The Morgan fingerprint density at radius 2 is 1.86 bits per heavy atom. The Morgan fingerprint density at radius 3 is 2.67 bits per heavy atom. The van der Waals surface area contributed by atoms with Crippen LogP contribution in [0.25, 0.3) is 22.0 Å². The molecule has 0 aliphatic heterocycles. The Morgan fingerprint density at radius 1 is 1.10 bits per heavy atom. The van der Waals surface area contributed by atoms with Gasteiger partial charge in [0.25, 0.3) is 0 Å². The fourth-order valence-corrected chi connectivity index (χ4v) is 2.81. The van der Waals surface area contributed by atoms with E-state index in [0.717, 1.165) is 42.3 Å². The molecule has 0 bridgehead atoms. The number of hydrogen-bond donors (Lipinski definition) is 1. The molecule has 0 radical (unpaired) electrons. The maximum Gasteiger partial charge on any atom is 0.131 e. The first-order valence-electron chi connectivity index (χ1n) is 7.53. The van der Waals surface area contributed by atoms with E-state index in [-0.39, 0.29) is 0 Å². The zero-order chi connectivity index (χ0) is 14.8. The highest BCUT2D eigenvalue weighted by atomic mass is 15.1. The zero-order valence-corrected chi connectivity index (χ0v) is 12.6. The molecule has 3 heteroatoms. The number of unbranched alkanes of at least 4 members (excludes halogenated alkanes) is 1. The molecule has 1 heterocycles. The molecule has 0 saturated heterocycles. The summed E-state index contributed by atoms with van der Waals surface area (Å²) in [7, 11) is 0. The van der Waals surface area contributed by atoms with Crippen molar-refractivity contribution < 1.29 is 0 Å². The monoisotopic (exact) mass is 279 g/mol. The molecule has 0 atom stereocenters. The van der Waals surface area contributed by atoms with Gasteiger partial charge in [0.05, 0.1) is 0 Å². The Bertz CT molecular complexity index is 766. The van der Waals surface area contributed by atoms with Crippen LogP contribution < -0.4 is 5.73 Å². The lowest BCUT2D eigenvalue weighted by molar-refractivity contribution is 0.622. The number of fused-ring (bicyclic) bond motifs is 1. The molecule has 0 amide bonds. The second kappa shape index (κ2) is 5.60. The molecule has 0 aliphatic carbocycles. The molecule has 1 aromatic heterocycles. The van der Waals surface area contributed by atoms with Crippen LogP contribution >= 0.6 is 0 Å². The molecule has 0 unspecified atom stereocenters. The average Bonchev–Trinajstić information content (AvgIpc) is 2.79. The first-order chi connectivity index (χ1) is 10.2. The number of aryl methyl sites for hydroxylation is 1. The minimum absolute atomic E-state index is 0.775. The molecule has 108 valence electrons. The van der Waals surface area contributed by atoms with Gasteiger partial charge in [-0.2, -0.15) is 0 Å². The summed E-state index contributed by atoms with van der Waals surface area (Å²) in [5.41, 5.74) is 8.39. The number of imidazole rings is 1. The average molecular weight is 279 g/mol. The maximum atomic E-state index is 6.37. The molecule has 21 heavy (non-hydrogen) atoms. The quantitative estimate of drug-likeness (QED) is 0.769. The van der Waals surface area contributed by atoms with E-state index in [9.17, 15) is 0 Å². The molecule has 3 aromatic rings. The second-order valence-corrected chi connectivity index (χ2v) is 5.42. The summed E-state index contributed by atoms with van der Waals surface area (Å²) in [6.45, 7) is 5.15. The highest BCUT2D eigenvalue weighted by molar-refractivity contribution is 5.97. The third-order valence-electron chi connectivity index (χ3n) is 3.98. The van der Waals surface area contributed by atoms with Crippen molar-refractivity contribution in [2.75, 3.05) is 5.73 Å². The summed E-state index contributed by atoms with van der Waals surface area (Å²) in [6, 6.07) is 14.7. The first kappa shape index (κ1) is 13.7. The van der Waals surface area contributed by atoms with Crippen molar-refractivity contribution in [2.24, 2.45) is 0 Å². The van der Waals surface area contributed by atoms with Gasteiger partial charge >= 0.3 is 0 Å². The van der Waals surface area contributed by atoms with Crippen LogP contribution in [0.2, 0.25) is 0 Å². The predicted octanol–water partition coefficient (Wildman–Crippen LogP) is 4.39. The van der Waals surface area contributed by atoms with E-state index < -0.39 is 0 Å². The van der Waals surface area contributed by atoms with Crippen LogP contribution in [-0.4, -0.2) is 9.55 Å². The lowest BCUT2D eigenvalue weighted by Gasteiger charge is -2.08. The number of nitrogens with two attached hydrogens (primary N) is 1. The molecule has 0 aliphatic rings. The van der Waals surface area contributed by atoms with Gasteiger partial charge in [-0.15, -0.1) is 0 Å². The van der Waals surface area contributed by atoms with Crippen LogP contribution in [-0.2, 0) is 6.54 Å². The molecule has 3 rings (SSSR count). The fourth-order valence-electron chi connectivity index (χ4n) is 2.81. The fraction of sp³-hybridized carbons (Fsp3) is 0.278. The van der Waals surface area contributed by atoms with Gasteiger partial charge in [0.2, 0.25) is 0 Å². The lowest BCUT2D eigenvalue weighted by atomic mass is 10.0. The number of aromatic nitrogens is 2. The van der Waals surface area contributed by atoms with E-state index in [2.05, 4.69) is 54.0 Å². The highest BCUT2D eigenvalue weighted by Gasteiger charge is 2.15.